The Bertz CT molecular complexity index is 1200. The van der Waals surface area contributed by atoms with Crippen LogP contribution >= 0.6 is 0 Å². The molecule has 3 aromatic rings. The molecule has 0 aliphatic carbocycles. The molecule has 0 saturated carbocycles. The van der Waals surface area contributed by atoms with Crippen LogP contribution in [0.2, 0.25) is 0 Å². The molecule has 32 heavy (non-hydrogen) atoms. The van der Waals surface area contributed by atoms with Gasteiger partial charge in [0.2, 0.25) is 10.0 Å². The van der Waals surface area contributed by atoms with E-state index in [4.69, 9.17) is 0 Å². The van der Waals surface area contributed by atoms with Crippen molar-refractivity contribution >= 4 is 15.9 Å². The first-order valence-corrected chi connectivity index (χ1v) is 11.9. The van der Waals surface area contributed by atoms with E-state index in [0.29, 0.717) is 24.5 Å². The molecule has 9 heteroatoms. The number of rotatable bonds is 6. The van der Waals surface area contributed by atoms with Crippen LogP contribution in [-0.4, -0.2) is 41.3 Å². The number of sulfonamides is 1. The number of aryl methyl sites for hydroxylation is 1. The molecule has 168 valence electrons. The van der Waals surface area contributed by atoms with E-state index in [0.717, 1.165) is 19.3 Å². The van der Waals surface area contributed by atoms with Gasteiger partial charge in [-0.25, -0.2) is 17.8 Å². The normalized spacial score (nSPS) is 15.9. The molecular weight excluding hydrogens is 431 g/mol. The van der Waals surface area contributed by atoms with Gasteiger partial charge in [0.05, 0.1) is 4.90 Å². The second kappa shape index (κ2) is 9.22. The molecule has 0 bridgehead atoms. The van der Waals surface area contributed by atoms with Crippen LogP contribution in [0.1, 0.15) is 47.1 Å². The van der Waals surface area contributed by atoms with Crippen molar-refractivity contribution in [1.82, 2.24) is 19.2 Å². The predicted octanol–water partition coefficient (Wildman–Crippen LogP) is 3.25. The molecule has 1 aliphatic rings. The summed E-state index contributed by atoms with van der Waals surface area (Å²) < 4.78 is 42.7. The predicted molar refractivity (Wildman–Crippen MR) is 118 cm³/mol. The number of carbonyl (C=O) groups is 1. The fraction of sp³-hybridized carbons (Fsp3) is 0.304. The lowest BCUT2D eigenvalue weighted by atomic mass is 10.1. The minimum absolute atomic E-state index is 0.0994. The molecule has 1 atom stereocenters. The van der Waals surface area contributed by atoms with Crippen molar-refractivity contribution in [2.75, 3.05) is 13.1 Å². The van der Waals surface area contributed by atoms with E-state index in [2.05, 4.69) is 10.3 Å². The molecule has 0 spiro atoms. The van der Waals surface area contributed by atoms with E-state index in [9.17, 15) is 17.6 Å². The Hall–Kier alpha value is -3.04. The lowest BCUT2D eigenvalue weighted by Gasteiger charge is -2.26. The van der Waals surface area contributed by atoms with Gasteiger partial charge in [-0.1, -0.05) is 24.6 Å². The van der Waals surface area contributed by atoms with Crippen LogP contribution in [0.15, 0.2) is 65.8 Å². The highest BCUT2D eigenvalue weighted by Crippen LogP contribution is 2.24. The Balaban J connectivity index is 1.62. The van der Waals surface area contributed by atoms with Crippen LogP contribution in [0.3, 0.4) is 0 Å². The Kier molecular flexibility index (Phi) is 6.38. The highest BCUT2D eigenvalue weighted by atomic mass is 32.2. The summed E-state index contributed by atoms with van der Waals surface area (Å²) in [7, 11) is -1.86. The number of nitrogens with one attached hydrogen (secondary N) is 1. The standard InChI is InChI=1S/C23H25FN4O3S/c1-27-15-12-25-22(27)21(17-8-10-19(24)11-9-17)26-23(29)18-6-5-7-20(16-18)32(30,31)28-13-3-2-4-14-28/h5-12,15-16,21H,2-4,13-14H2,1H3,(H,26,29)/t21-/m1/s1. The summed E-state index contributed by atoms with van der Waals surface area (Å²) in [5.74, 6) is -0.255. The van der Waals surface area contributed by atoms with E-state index in [1.54, 1.807) is 48.3 Å². The van der Waals surface area contributed by atoms with Crippen molar-refractivity contribution in [2.24, 2.45) is 7.05 Å². The van der Waals surface area contributed by atoms with E-state index < -0.39 is 22.0 Å². The van der Waals surface area contributed by atoms with Gasteiger partial charge in [-0.05, 0) is 48.7 Å². The summed E-state index contributed by atoms with van der Waals surface area (Å²) in [4.78, 5) is 17.6. The number of carbonyl (C=O) groups excluding carboxylic acids is 1. The molecule has 2 heterocycles. The molecule has 1 amide bonds. The van der Waals surface area contributed by atoms with Crippen molar-refractivity contribution in [2.45, 2.75) is 30.2 Å². The summed E-state index contributed by atoms with van der Waals surface area (Å²) in [5.41, 5.74) is 0.885. The smallest absolute Gasteiger partial charge is 0.252 e. The van der Waals surface area contributed by atoms with Crippen molar-refractivity contribution in [3.63, 3.8) is 0 Å². The van der Waals surface area contributed by atoms with Gasteiger partial charge in [0.25, 0.3) is 5.91 Å². The minimum atomic E-state index is -3.66. The minimum Gasteiger partial charge on any atom is -0.338 e. The molecule has 0 radical (unpaired) electrons. The van der Waals surface area contributed by atoms with Crippen LogP contribution in [0, 0.1) is 5.82 Å². The Morgan fingerprint density at radius 3 is 2.47 bits per heavy atom. The van der Waals surface area contributed by atoms with Crippen LogP contribution in [0.4, 0.5) is 4.39 Å². The van der Waals surface area contributed by atoms with Crippen molar-refractivity contribution < 1.29 is 17.6 Å². The molecule has 1 aromatic heterocycles. The number of amides is 1. The van der Waals surface area contributed by atoms with Crippen molar-refractivity contribution in [1.29, 1.82) is 0 Å². The first-order valence-electron chi connectivity index (χ1n) is 10.5. The zero-order valence-electron chi connectivity index (χ0n) is 17.7. The zero-order chi connectivity index (χ0) is 22.7. The average Bonchev–Trinajstić information content (AvgIpc) is 3.24. The molecule has 1 fully saturated rings. The monoisotopic (exact) mass is 456 g/mol. The number of benzene rings is 2. The van der Waals surface area contributed by atoms with Gasteiger partial charge < -0.3 is 9.88 Å². The lowest BCUT2D eigenvalue weighted by molar-refractivity contribution is 0.0941. The van der Waals surface area contributed by atoms with E-state index in [-0.39, 0.29) is 16.3 Å². The molecule has 4 rings (SSSR count). The van der Waals surface area contributed by atoms with Gasteiger partial charge in [-0.3, -0.25) is 4.79 Å². The van der Waals surface area contributed by atoms with Crippen molar-refractivity contribution in [3.8, 4) is 0 Å². The van der Waals surface area contributed by atoms with Gasteiger partial charge in [-0.2, -0.15) is 4.31 Å². The maximum absolute atomic E-state index is 13.4. The van der Waals surface area contributed by atoms with Gasteiger partial charge in [0, 0.05) is 38.1 Å². The highest BCUT2D eigenvalue weighted by molar-refractivity contribution is 7.89. The summed E-state index contributed by atoms with van der Waals surface area (Å²) >= 11 is 0. The van der Waals surface area contributed by atoms with E-state index in [1.165, 1.54) is 28.6 Å². The largest absolute Gasteiger partial charge is 0.338 e. The Morgan fingerprint density at radius 1 is 1.09 bits per heavy atom. The second-order valence-corrected chi connectivity index (χ2v) is 9.78. The van der Waals surface area contributed by atoms with E-state index >= 15 is 0 Å². The first-order chi connectivity index (χ1) is 15.4. The quantitative estimate of drug-likeness (QED) is 0.617. The van der Waals surface area contributed by atoms with Crippen molar-refractivity contribution in [3.05, 3.63) is 83.7 Å². The molecule has 1 saturated heterocycles. The maximum Gasteiger partial charge on any atom is 0.252 e. The summed E-state index contributed by atoms with van der Waals surface area (Å²) in [6.45, 7) is 0.981. The molecule has 1 aliphatic heterocycles. The van der Waals surface area contributed by atoms with Crippen LogP contribution < -0.4 is 5.32 Å². The Labute approximate surface area is 186 Å². The van der Waals surface area contributed by atoms with Crippen LogP contribution in [0.5, 0.6) is 0 Å². The third kappa shape index (κ3) is 4.58. The topological polar surface area (TPSA) is 84.3 Å². The molecular formula is C23H25FN4O3S. The third-order valence-electron chi connectivity index (χ3n) is 5.64. The fourth-order valence-corrected chi connectivity index (χ4v) is 5.44. The number of imidazole rings is 1. The molecule has 0 unspecified atom stereocenters. The number of halogens is 1. The maximum atomic E-state index is 13.4. The summed E-state index contributed by atoms with van der Waals surface area (Å²) in [6, 6.07) is 11.2. The zero-order valence-corrected chi connectivity index (χ0v) is 18.6. The highest BCUT2D eigenvalue weighted by Gasteiger charge is 2.27. The number of piperidine rings is 1. The van der Waals surface area contributed by atoms with Gasteiger partial charge in [0.1, 0.15) is 17.7 Å². The van der Waals surface area contributed by atoms with Gasteiger partial charge >= 0.3 is 0 Å². The van der Waals surface area contributed by atoms with Gasteiger partial charge in [0.15, 0.2) is 0 Å². The van der Waals surface area contributed by atoms with Crippen LogP contribution in [-0.2, 0) is 17.1 Å². The van der Waals surface area contributed by atoms with E-state index in [1.807, 2.05) is 0 Å². The average molecular weight is 457 g/mol. The number of hydrogen-bond donors (Lipinski definition) is 1. The second-order valence-electron chi connectivity index (χ2n) is 7.85. The Morgan fingerprint density at radius 2 is 1.81 bits per heavy atom. The fourth-order valence-electron chi connectivity index (χ4n) is 3.87. The number of aromatic nitrogens is 2. The molecule has 1 N–H and O–H groups in total. The van der Waals surface area contributed by atoms with Gasteiger partial charge in [-0.15, -0.1) is 0 Å². The number of nitrogens with zero attached hydrogens (tertiary/aromatic N) is 3. The molecule has 7 nitrogen and oxygen atoms in total. The first kappa shape index (κ1) is 22.2. The lowest BCUT2D eigenvalue weighted by Crippen LogP contribution is -2.36. The third-order valence-corrected chi connectivity index (χ3v) is 7.54. The SMILES string of the molecule is Cn1ccnc1[C@H](NC(=O)c1cccc(S(=O)(=O)N2CCCCC2)c1)c1ccc(F)cc1. The summed E-state index contributed by atoms with van der Waals surface area (Å²) in [5, 5.41) is 2.92. The number of hydrogen-bond acceptors (Lipinski definition) is 4. The summed E-state index contributed by atoms with van der Waals surface area (Å²) in [6.07, 6.45) is 6.06. The van der Waals surface area contributed by atoms with Crippen LogP contribution in [0.25, 0.3) is 0 Å². The molecule has 2 aromatic carbocycles.